The first-order chi connectivity index (χ1) is 10.0. The summed E-state index contributed by atoms with van der Waals surface area (Å²) in [6.07, 6.45) is 2.28. The van der Waals surface area contributed by atoms with Crippen molar-refractivity contribution < 1.29 is 0 Å². The highest BCUT2D eigenvalue weighted by atomic mass is 79.9. The normalized spacial score (nSPS) is 13.9. The van der Waals surface area contributed by atoms with Crippen LogP contribution in [-0.4, -0.2) is 6.04 Å². The predicted molar refractivity (Wildman–Crippen MR) is 94.7 cm³/mol. The van der Waals surface area contributed by atoms with Crippen LogP contribution in [0.1, 0.15) is 43.0 Å². The summed E-state index contributed by atoms with van der Waals surface area (Å²) in [6, 6.07) is 18.2. The first-order valence-corrected chi connectivity index (χ1v) is 8.41. The van der Waals surface area contributed by atoms with E-state index in [4.69, 9.17) is 0 Å². The summed E-state index contributed by atoms with van der Waals surface area (Å²) >= 11 is 3.54. The molecule has 2 aromatic rings. The third-order valence-corrected chi connectivity index (χ3v) is 4.32. The highest BCUT2D eigenvalue weighted by Crippen LogP contribution is 2.19. The lowest BCUT2D eigenvalue weighted by Crippen LogP contribution is -2.29. The highest BCUT2D eigenvalue weighted by Gasteiger charge is 2.09. The Labute approximate surface area is 136 Å². The van der Waals surface area contributed by atoms with Gasteiger partial charge in [0.15, 0.2) is 0 Å². The lowest BCUT2D eigenvalue weighted by atomic mass is 10.0. The van der Waals surface area contributed by atoms with Crippen molar-refractivity contribution in [2.45, 2.75) is 45.7 Å². The van der Waals surface area contributed by atoms with Gasteiger partial charge in [-0.1, -0.05) is 57.9 Å². The fourth-order valence-corrected chi connectivity index (χ4v) is 3.05. The Morgan fingerprint density at radius 1 is 1.05 bits per heavy atom. The quantitative estimate of drug-likeness (QED) is 0.735. The Hall–Kier alpha value is -1.12. The van der Waals surface area contributed by atoms with E-state index in [1.807, 2.05) is 0 Å². The summed E-state index contributed by atoms with van der Waals surface area (Å²) in [6.45, 7) is 6.65. The molecule has 112 valence electrons. The molecule has 0 amide bonds. The summed E-state index contributed by atoms with van der Waals surface area (Å²) in [4.78, 5) is 0. The van der Waals surface area contributed by atoms with Gasteiger partial charge in [0.25, 0.3) is 0 Å². The Kier molecular flexibility index (Phi) is 6.01. The molecule has 1 nitrogen and oxygen atoms in total. The number of hydrogen-bond donors (Lipinski definition) is 1. The summed E-state index contributed by atoms with van der Waals surface area (Å²) in [5, 5.41) is 3.69. The number of nitrogens with one attached hydrogen (secondary N) is 1. The zero-order chi connectivity index (χ0) is 15.2. The second-order valence-corrected chi connectivity index (χ2v) is 6.79. The molecule has 2 aromatic carbocycles. The standard InChI is InChI=1S/C19H24BrN/c1-14-6-4-7-17(12-14)11-10-15(2)21-16(3)18-8-5-9-19(20)13-18/h4-9,12-13,15-16,21H,10-11H2,1-3H3/t15?,16-/m1/s1. The average Bonchev–Trinajstić information content (AvgIpc) is 2.45. The molecule has 0 fully saturated rings. The summed E-state index contributed by atoms with van der Waals surface area (Å²) < 4.78 is 1.14. The van der Waals surface area contributed by atoms with Crippen LogP contribution in [0.4, 0.5) is 0 Å². The van der Waals surface area contributed by atoms with Gasteiger partial charge in [0.05, 0.1) is 0 Å². The fourth-order valence-electron chi connectivity index (χ4n) is 2.63. The summed E-state index contributed by atoms with van der Waals surface area (Å²) in [7, 11) is 0. The van der Waals surface area contributed by atoms with E-state index < -0.39 is 0 Å². The number of aryl methyl sites for hydroxylation is 2. The van der Waals surface area contributed by atoms with Crippen molar-refractivity contribution in [1.29, 1.82) is 0 Å². The van der Waals surface area contributed by atoms with Crippen LogP contribution in [0.15, 0.2) is 53.0 Å². The zero-order valence-corrected chi connectivity index (χ0v) is 14.7. The van der Waals surface area contributed by atoms with E-state index in [-0.39, 0.29) is 0 Å². The summed E-state index contributed by atoms with van der Waals surface area (Å²) in [5.41, 5.74) is 4.10. The summed E-state index contributed by atoms with van der Waals surface area (Å²) in [5.74, 6) is 0. The molecule has 2 rings (SSSR count). The minimum atomic E-state index is 0.370. The molecule has 1 unspecified atom stereocenters. The van der Waals surface area contributed by atoms with Crippen LogP contribution in [0.25, 0.3) is 0 Å². The van der Waals surface area contributed by atoms with Crippen LogP contribution in [-0.2, 0) is 6.42 Å². The largest absolute Gasteiger partial charge is 0.308 e. The van der Waals surface area contributed by atoms with E-state index in [9.17, 15) is 0 Å². The molecule has 0 aliphatic rings. The van der Waals surface area contributed by atoms with E-state index >= 15 is 0 Å². The molecule has 0 radical (unpaired) electrons. The van der Waals surface area contributed by atoms with E-state index in [1.165, 1.54) is 16.7 Å². The Morgan fingerprint density at radius 3 is 2.52 bits per heavy atom. The van der Waals surface area contributed by atoms with Crippen molar-refractivity contribution >= 4 is 15.9 Å². The minimum Gasteiger partial charge on any atom is -0.308 e. The molecule has 0 heterocycles. The van der Waals surface area contributed by atoms with Crippen molar-refractivity contribution in [3.63, 3.8) is 0 Å². The van der Waals surface area contributed by atoms with Crippen molar-refractivity contribution in [2.75, 3.05) is 0 Å². The SMILES string of the molecule is Cc1cccc(CCC(C)N[C@H](C)c2cccc(Br)c2)c1. The van der Waals surface area contributed by atoms with E-state index in [2.05, 4.69) is 90.5 Å². The van der Waals surface area contributed by atoms with Gasteiger partial charge in [-0.3, -0.25) is 0 Å². The average molecular weight is 346 g/mol. The van der Waals surface area contributed by atoms with Gasteiger partial charge in [-0.15, -0.1) is 0 Å². The molecular weight excluding hydrogens is 322 g/mol. The van der Waals surface area contributed by atoms with Gasteiger partial charge in [0.2, 0.25) is 0 Å². The van der Waals surface area contributed by atoms with Crippen molar-refractivity contribution in [3.8, 4) is 0 Å². The zero-order valence-electron chi connectivity index (χ0n) is 13.1. The Morgan fingerprint density at radius 2 is 1.81 bits per heavy atom. The molecule has 0 spiro atoms. The molecule has 0 saturated heterocycles. The first kappa shape index (κ1) is 16.3. The molecule has 0 aromatic heterocycles. The maximum atomic E-state index is 3.69. The molecule has 21 heavy (non-hydrogen) atoms. The van der Waals surface area contributed by atoms with Gasteiger partial charge in [0.1, 0.15) is 0 Å². The smallest absolute Gasteiger partial charge is 0.0294 e. The van der Waals surface area contributed by atoms with Crippen LogP contribution in [0.3, 0.4) is 0 Å². The first-order valence-electron chi connectivity index (χ1n) is 7.61. The van der Waals surface area contributed by atoms with Gasteiger partial charge in [0, 0.05) is 16.6 Å². The molecule has 0 bridgehead atoms. The number of benzene rings is 2. The van der Waals surface area contributed by atoms with E-state index in [0.717, 1.165) is 17.3 Å². The third-order valence-electron chi connectivity index (χ3n) is 3.83. The van der Waals surface area contributed by atoms with E-state index in [1.54, 1.807) is 0 Å². The van der Waals surface area contributed by atoms with Crippen LogP contribution in [0.5, 0.6) is 0 Å². The van der Waals surface area contributed by atoms with Gasteiger partial charge in [-0.2, -0.15) is 0 Å². The number of hydrogen-bond acceptors (Lipinski definition) is 1. The number of halogens is 1. The van der Waals surface area contributed by atoms with Gasteiger partial charge in [-0.05, 0) is 56.9 Å². The molecule has 0 aliphatic heterocycles. The number of rotatable bonds is 6. The van der Waals surface area contributed by atoms with Gasteiger partial charge < -0.3 is 5.32 Å². The lowest BCUT2D eigenvalue weighted by Gasteiger charge is -2.20. The highest BCUT2D eigenvalue weighted by molar-refractivity contribution is 9.10. The predicted octanol–water partition coefficient (Wildman–Crippen LogP) is 5.43. The van der Waals surface area contributed by atoms with E-state index in [0.29, 0.717) is 12.1 Å². The molecule has 2 heteroatoms. The Bertz CT molecular complexity index is 579. The maximum absolute atomic E-state index is 3.69. The lowest BCUT2D eigenvalue weighted by molar-refractivity contribution is 0.456. The molecule has 0 saturated carbocycles. The van der Waals surface area contributed by atoms with Crippen LogP contribution < -0.4 is 5.32 Å². The monoisotopic (exact) mass is 345 g/mol. The third kappa shape index (κ3) is 5.29. The van der Waals surface area contributed by atoms with Crippen LogP contribution >= 0.6 is 15.9 Å². The van der Waals surface area contributed by atoms with Gasteiger partial charge >= 0.3 is 0 Å². The molecule has 1 N–H and O–H groups in total. The van der Waals surface area contributed by atoms with Crippen molar-refractivity contribution in [3.05, 3.63) is 69.7 Å². The van der Waals surface area contributed by atoms with Crippen LogP contribution in [0, 0.1) is 6.92 Å². The minimum absolute atomic E-state index is 0.370. The molecule has 0 aliphatic carbocycles. The fraction of sp³-hybridized carbons (Fsp3) is 0.368. The topological polar surface area (TPSA) is 12.0 Å². The van der Waals surface area contributed by atoms with Crippen molar-refractivity contribution in [1.82, 2.24) is 5.32 Å². The maximum Gasteiger partial charge on any atom is 0.0294 e. The molecule has 2 atom stereocenters. The second-order valence-electron chi connectivity index (χ2n) is 5.87. The van der Waals surface area contributed by atoms with Crippen molar-refractivity contribution in [2.24, 2.45) is 0 Å². The molecular formula is C19H24BrN. The van der Waals surface area contributed by atoms with Crippen LogP contribution in [0.2, 0.25) is 0 Å². The van der Waals surface area contributed by atoms with Gasteiger partial charge in [-0.25, -0.2) is 0 Å². The second kappa shape index (κ2) is 7.77. The Balaban J connectivity index is 1.85.